The number of carboxylic acids is 1. The minimum absolute atomic E-state index is 0.0644. The summed E-state index contributed by atoms with van der Waals surface area (Å²) in [6.07, 6.45) is 0. The Kier molecular flexibility index (Phi) is 3.80. The second-order valence-corrected chi connectivity index (χ2v) is 6.20. The third kappa shape index (κ3) is 3.28. The molecule has 1 unspecified atom stereocenters. The lowest BCUT2D eigenvalue weighted by Crippen LogP contribution is -2.38. The highest BCUT2D eigenvalue weighted by atomic mass is 32.2. The van der Waals surface area contributed by atoms with Crippen LogP contribution in [0.4, 0.5) is 0 Å². The molecule has 0 aliphatic heterocycles. The highest BCUT2D eigenvalue weighted by molar-refractivity contribution is 7.89. The van der Waals surface area contributed by atoms with Crippen molar-refractivity contribution in [1.82, 2.24) is 0 Å². The largest absolute Gasteiger partial charge is 0.478 e. The fourth-order valence-corrected chi connectivity index (χ4v) is 3.16. The number of nitrogens with two attached hydrogens (primary N) is 1. The number of aromatic carboxylic acids is 1. The molecule has 100 valence electrons. The molecule has 0 aliphatic carbocycles. The van der Waals surface area contributed by atoms with Gasteiger partial charge < -0.3 is 10.2 Å². The molecule has 0 fully saturated rings. The average Bonchev–Trinajstić information content (AvgIpc) is 2.13. The van der Waals surface area contributed by atoms with Crippen LogP contribution in [0.3, 0.4) is 0 Å². The smallest absolute Gasteiger partial charge is 0.335 e. The van der Waals surface area contributed by atoms with Gasteiger partial charge in [0, 0.05) is 0 Å². The molecule has 0 saturated heterocycles. The molecule has 0 aromatic heterocycles. The van der Waals surface area contributed by atoms with Gasteiger partial charge in [-0.3, -0.25) is 0 Å². The third-order valence-corrected chi connectivity index (χ3v) is 3.91. The first-order valence-corrected chi connectivity index (χ1v) is 6.71. The summed E-state index contributed by atoms with van der Waals surface area (Å²) in [5.41, 5.74) is -1.54. The molecule has 0 spiro atoms. The SMILES string of the molecule is CC(C)(O)C(c1cccc(C(=O)O)c1)S(N)(=O)=O. The Morgan fingerprint density at radius 3 is 2.33 bits per heavy atom. The van der Waals surface area contributed by atoms with Gasteiger partial charge >= 0.3 is 5.97 Å². The van der Waals surface area contributed by atoms with Crippen molar-refractivity contribution in [3.05, 3.63) is 35.4 Å². The van der Waals surface area contributed by atoms with Crippen molar-refractivity contribution >= 4 is 16.0 Å². The predicted molar refractivity (Wildman–Crippen MR) is 65.5 cm³/mol. The molecular formula is C11H15NO5S. The molecule has 6 nitrogen and oxygen atoms in total. The second-order valence-electron chi connectivity index (χ2n) is 4.55. The van der Waals surface area contributed by atoms with Gasteiger partial charge in [-0.2, -0.15) is 0 Å². The normalized spacial score (nSPS) is 14.2. The van der Waals surface area contributed by atoms with Crippen molar-refractivity contribution in [2.75, 3.05) is 0 Å². The van der Waals surface area contributed by atoms with Crippen LogP contribution < -0.4 is 5.14 Å². The van der Waals surface area contributed by atoms with E-state index in [0.29, 0.717) is 0 Å². The van der Waals surface area contributed by atoms with Crippen LogP contribution in [0.15, 0.2) is 24.3 Å². The van der Waals surface area contributed by atoms with Gasteiger partial charge in [-0.1, -0.05) is 12.1 Å². The van der Waals surface area contributed by atoms with Crippen molar-refractivity contribution in [3.8, 4) is 0 Å². The molecule has 0 bridgehead atoms. The highest BCUT2D eigenvalue weighted by Crippen LogP contribution is 2.32. The Morgan fingerprint density at radius 1 is 1.39 bits per heavy atom. The Labute approximate surface area is 105 Å². The lowest BCUT2D eigenvalue weighted by molar-refractivity contribution is 0.0688. The van der Waals surface area contributed by atoms with Gasteiger partial charge in [0.2, 0.25) is 10.0 Å². The number of sulfonamides is 1. The van der Waals surface area contributed by atoms with Crippen molar-refractivity contribution < 1.29 is 23.4 Å². The topological polar surface area (TPSA) is 118 Å². The summed E-state index contributed by atoms with van der Waals surface area (Å²) in [6.45, 7) is 2.60. The summed E-state index contributed by atoms with van der Waals surface area (Å²) in [4.78, 5) is 10.8. The molecule has 4 N–H and O–H groups in total. The molecule has 0 aliphatic rings. The van der Waals surface area contributed by atoms with E-state index < -0.39 is 26.8 Å². The summed E-state index contributed by atoms with van der Waals surface area (Å²) < 4.78 is 23.1. The lowest BCUT2D eigenvalue weighted by atomic mass is 9.96. The van der Waals surface area contributed by atoms with E-state index in [0.717, 1.165) is 0 Å². The number of carbonyl (C=O) groups is 1. The molecule has 1 aromatic carbocycles. The predicted octanol–water partition coefficient (Wildman–Crippen LogP) is 0.485. The summed E-state index contributed by atoms with van der Waals surface area (Å²) in [7, 11) is -4.06. The number of primary sulfonamides is 1. The van der Waals surface area contributed by atoms with E-state index in [2.05, 4.69) is 0 Å². The number of hydrogen-bond acceptors (Lipinski definition) is 4. The number of rotatable bonds is 4. The van der Waals surface area contributed by atoms with Gasteiger partial charge in [0.05, 0.1) is 11.2 Å². The molecule has 0 heterocycles. The number of hydrogen-bond donors (Lipinski definition) is 3. The molecule has 18 heavy (non-hydrogen) atoms. The zero-order valence-electron chi connectivity index (χ0n) is 9.99. The maximum absolute atomic E-state index is 11.5. The number of benzene rings is 1. The maximum Gasteiger partial charge on any atom is 0.335 e. The first-order chi connectivity index (χ1) is 8.03. The van der Waals surface area contributed by atoms with Crippen LogP contribution in [0.25, 0.3) is 0 Å². The van der Waals surface area contributed by atoms with E-state index >= 15 is 0 Å². The van der Waals surface area contributed by atoms with Gasteiger partial charge in [0.1, 0.15) is 5.25 Å². The minimum atomic E-state index is -4.06. The molecule has 0 radical (unpaired) electrons. The van der Waals surface area contributed by atoms with Crippen LogP contribution in [0.1, 0.15) is 35.0 Å². The van der Waals surface area contributed by atoms with E-state index in [1.165, 1.54) is 38.1 Å². The van der Waals surface area contributed by atoms with Crippen LogP contribution in [0, 0.1) is 0 Å². The summed E-state index contributed by atoms with van der Waals surface area (Å²) in [6, 6.07) is 5.34. The monoisotopic (exact) mass is 273 g/mol. The minimum Gasteiger partial charge on any atom is -0.478 e. The van der Waals surface area contributed by atoms with Gasteiger partial charge in [-0.05, 0) is 31.5 Å². The second kappa shape index (κ2) is 4.68. The van der Waals surface area contributed by atoms with Crippen molar-refractivity contribution in [1.29, 1.82) is 0 Å². The van der Waals surface area contributed by atoms with Crippen LogP contribution in [0.2, 0.25) is 0 Å². The Bertz CT molecular complexity index is 559. The first kappa shape index (κ1) is 14.6. The summed E-state index contributed by atoms with van der Waals surface area (Å²) in [5, 5.41) is 22.4. The van der Waals surface area contributed by atoms with E-state index in [9.17, 15) is 18.3 Å². The van der Waals surface area contributed by atoms with Crippen LogP contribution in [0.5, 0.6) is 0 Å². The van der Waals surface area contributed by atoms with Crippen molar-refractivity contribution in [2.45, 2.75) is 24.7 Å². The molecule has 1 aromatic rings. The first-order valence-electron chi connectivity index (χ1n) is 5.10. The Balaban J connectivity index is 3.41. The van der Waals surface area contributed by atoms with Gasteiger partial charge in [0.25, 0.3) is 0 Å². The van der Waals surface area contributed by atoms with Gasteiger partial charge in [-0.25, -0.2) is 18.4 Å². The number of aliphatic hydroxyl groups is 1. The molecule has 1 rings (SSSR count). The van der Waals surface area contributed by atoms with Crippen LogP contribution in [-0.4, -0.2) is 30.2 Å². The van der Waals surface area contributed by atoms with Gasteiger partial charge in [-0.15, -0.1) is 0 Å². The summed E-state index contributed by atoms with van der Waals surface area (Å²) >= 11 is 0. The summed E-state index contributed by atoms with van der Waals surface area (Å²) in [5.74, 6) is -1.18. The molecule has 7 heteroatoms. The Hall–Kier alpha value is -1.44. The lowest BCUT2D eigenvalue weighted by Gasteiger charge is -2.27. The quantitative estimate of drug-likeness (QED) is 0.737. The van der Waals surface area contributed by atoms with Gasteiger partial charge in [0.15, 0.2) is 0 Å². The van der Waals surface area contributed by atoms with E-state index in [4.69, 9.17) is 10.2 Å². The fraction of sp³-hybridized carbons (Fsp3) is 0.364. The fourth-order valence-electron chi connectivity index (χ4n) is 1.83. The molecule has 0 amide bonds. The van der Waals surface area contributed by atoms with E-state index in [-0.39, 0.29) is 11.1 Å². The number of carboxylic acid groups (broad SMARTS) is 1. The molecule has 1 atom stereocenters. The molecular weight excluding hydrogens is 258 g/mol. The Morgan fingerprint density at radius 2 is 1.94 bits per heavy atom. The standard InChI is InChI=1S/C11H15NO5S/c1-11(2,15)9(18(12,16)17)7-4-3-5-8(6-7)10(13)14/h3-6,9,15H,1-2H3,(H,13,14)(H2,12,16,17). The van der Waals surface area contributed by atoms with Crippen LogP contribution in [-0.2, 0) is 10.0 Å². The van der Waals surface area contributed by atoms with Crippen molar-refractivity contribution in [3.63, 3.8) is 0 Å². The molecule has 0 saturated carbocycles. The zero-order chi connectivity index (χ0) is 14.1. The van der Waals surface area contributed by atoms with E-state index in [1.54, 1.807) is 0 Å². The van der Waals surface area contributed by atoms with Crippen molar-refractivity contribution in [2.24, 2.45) is 5.14 Å². The highest BCUT2D eigenvalue weighted by Gasteiger charge is 2.37. The third-order valence-electron chi connectivity index (χ3n) is 2.41. The maximum atomic E-state index is 11.5. The average molecular weight is 273 g/mol. The van der Waals surface area contributed by atoms with Crippen LogP contribution >= 0.6 is 0 Å². The zero-order valence-corrected chi connectivity index (χ0v) is 10.8. The van der Waals surface area contributed by atoms with E-state index in [1.807, 2.05) is 0 Å².